The third-order valence-corrected chi connectivity index (χ3v) is 8.77. The molecule has 7 atom stereocenters. The Labute approximate surface area is 149 Å². The minimum Gasteiger partial charge on any atom is -0.285 e. The largest absolute Gasteiger partial charge is 0.285 e. The van der Waals surface area contributed by atoms with E-state index in [1.165, 1.54) is 4.90 Å². The van der Waals surface area contributed by atoms with E-state index in [0.717, 1.165) is 44.9 Å². The van der Waals surface area contributed by atoms with Crippen LogP contribution in [0.4, 0.5) is 0 Å². The van der Waals surface area contributed by atoms with E-state index in [-0.39, 0.29) is 35.5 Å². The van der Waals surface area contributed by atoms with Crippen LogP contribution < -0.4 is 0 Å². The maximum Gasteiger partial charge on any atom is 0.267 e. The molecule has 1 N–H and O–H groups in total. The van der Waals surface area contributed by atoms with Gasteiger partial charge in [0, 0.05) is 6.54 Å². The number of hydrogen-bond donors (Lipinski definition) is 1. The molecule has 0 aromatic rings. The van der Waals surface area contributed by atoms with Crippen molar-refractivity contribution in [3.8, 4) is 0 Å². The molecule has 3 aliphatic carbocycles. The first kappa shape index (κ1) is 17.5. The normalized spacial score (nSPS) is 42.1. The Balaban J connectivity index is 1.52. The first-order valence-electron chi connectivity index (χ1n) is 9.60. The lowest BCUT2D eigenvalue weighted by Gasteiger charge is -2.36. The number of fused-ring (bicyclic) bond motifs is 5. The van der Waals surface area contributed by atoms with Gasteiger partial charge in [-0.3, -0.25) is 19.0 Å². The van der Waals surface area contributed by atoms with Crippen molar-refractivity contribution in [2.45, 2.75) is 57.1 Å². The summed E-state index contributed by atoms with van der Waals surface area (Å²) in [5.74, 6) is 0.235. The van der Waals surface area contributed by atoms with Crippen LogP contribution in [0.3, 0.4) is 0 Å². The van der Waals surface area contributed by atoms with E-state index in [9.17, 15) is 22.6 Å². The van der Waals surface area contributed by atoms with Crippen molar-refractivity contribution in [2.24, 2.45) is 35.5 Å². The van der Waals surface area contributed by atoms with Gasteiger partial charge < -0.3 is 0 Å². The average molecular weight is 369 g/mol. The highest BCUT2D eigenvalue weighted by molar-refractivity contribution is 7.86. The summed E-state index contributed by atoms with van der Waals surface area (Å²) < 4.78 is 32.7. The molecule has 0 spiro atoms. The average Bonchev–Trinajstić information content (AvgIpc) is 3.24. The lowest BCUT2D eigenvalue weighted by atomic mass is 9.77. The Morgan fingerprint density at radius 1 is 1.04 bits per heavy atom. The van der Waals surface area contributed by atoms with Gasteiger partial charge in [0.1, 0.15) is 0 Å². The summed E-state index contributed by atoms with van der Waals surface area (Å²) in [5.41, 5.74) is 0. The fourth-order valence-electron chi connectivity index (χ4n) is 6.19. The van der Waals surface area contributed by atoms with Crippen LogP contribution in [0, 0.1) is 35.5 Å². The smallest absolute Gasteiger partial charge is 0.267 e. The van der Waals surface area contributed by atoms with Crippen LogP contribution in [-0.2, 0) is 19.7 Å². The molecule has 0 aromatic carbocycles. The predicted molar refractivity (Wildman–Crippen MR) is 91.0 cm³/mol. The number of amides is 2. The number of imide groups is 1. The molecular formula is C18H27NO5S. The minimum absolute atomic E-state index is 0.0222. The van der Waals surface area contributed by atoms with Gasteiger partial charge in [0.2, 0.25) is 11.8 Å². The summed E-state index contributed by atoms with van der Waals surface area (Å²) in [6, 6.07) is 0. The number of carbonyl (C=O) groups is 2. The standard InChI is InChI=1S/C18H27NO5S/c1-10(25(22,23)24)14-5-3-2-4-13(14)9-19-17(20)15-11-6-7-12(8-11)16(15)18(19)21/h10-16H,2-9H2,1H3,(H,22,23,24)/t10?,11-,12+,13-,14-,15+,16-/m0/s1. The maximum atomic E-state index is 12.9. The molecule has 1 heterocycles. The molecule has 4 fully saturated rings. The highest BCUT2D eigenvalue weighted by atomic mass is 32.2. The second-order valence-electron chi connectivity index (χ2n) is 8.60. The van der Waals surface area contributed by atoms with Crippen LogP contribution in [0.2, 0.25) is 0 Å². The molecule has 1 aliphatic heterocycles. The first-order chi connectivity index (χ1) is 11.8. The quantitative estimate of drug-likeness (QED) is 0.605. The summed E-state index contributed by atoms with van der Waals surface area (Å²) in [5, 5.41) is -0.846. The topological polar surface area (TPSA) is 91.8 Å². The molecule has 25 heavy (non-hydrogen) atoms. The van der Waals surface area contributed by atoms with Crippen molar-refractivity contribution in [3.63, 3.8) is 0 Å². The summed E-state index contributed by atoms with van der Waals surface area (Å²) in [6.45, 7) is 1.87. The molecule has 140 valence electrons. The lowest BCUT2D eigenvalue weighted by molar-refractivity contribution is -0.142. The van der Waals surface area contributed by atoms with E-state index in [1.54, 1.807) is 6.92 Å². The van der Waals surface area contributed by atoms with E-state index in [2.05, 4.69) is 0 Å². The Kier molecular flexibility index (Phi) is 4.22. The molecule has 3 saturated carbocycles. The van der Waals surface area contributed by atoms with Crippen molar-refractivity contribution in [1.82, 2.24) is 4.90 Å². The number of likely N-dealkylation sites (tertiary alicyclic amines) is 1. The monoisotopic (exact) mass is 369 g/mol. The number of carbonyl (C=O) groups excluding carboxylic acids is 2. The van der Waals surface area contributed by atoms with Gasteiger partial charge >= 0.3 is 0 Å². The Morgan fingerprint density at radius 3 is 2.16 bits per heavy atom. The second-order valence-corrected chi connectivity index (χ2v) is 10.4. The van der Waals surface area contributed by atoms with Gasteiger partial charge in [-0.1, -0.05) is 12.8 Å². The first-order valence-corrected chi connectivity index (χ1v) is 11.1. The molecule has 1 saturated heterocycles. The van der Waals surface area contributed by atoms with Crippen LogP contribution in [-0.4, -0.2) is 41.5 Å². The summed E-state index contributed by atoms with van der Waals surface area (Å²) in [4.78, 5) is 27.2. The fourth-order valence-corrected chi connectivity index (χ4v) is 6.99. The van der Waals surface area contributed by atoms with Gasteiger partial charge in [-0.05, 0) is 62.7 Å². The van der Waals surface area contributed by atoms with Crippen LogP contribution in [0.1, 0.15) is 51.9 Å². The summed E-state index contributed by atoms with van der Waals surface area (Å²) in [6.07, 6.45) is 6.58. The molecule has 2 amide bonds. The highest BCUT2D eigenvalue weighted by Gasteiger charge is 2.61. The molecule has 7 heteroatoms. The maximum absolute atomic E-state index is 12.9. The van der Waals surface area contributed by atoms with Crippen LogP contribution >= 0.6 is 0 Å². The fraction of sp³-hybridized carbons (Fsp3) is 0.889. The third kappa shape index (κ3) is 2.74. The summed E-state index contributed by atoms with van der Waals surface area (Å²) in [7, 11) is -4.11. The molecule has 0 radical (unpaired) electrons. The van der Waals surface area contributed by atoms with Crippen molar-refractivity contribution in [3.05, 3.63) is 0 Å². The minimum atomic E-state index is -4.11. The van der Waals surface area contributed by atoms with E-state index < -0.39 is 15.4 Å². The Bertz CT molecular complexity index is 662. The van der Waals surface area contributed by atoms with Gasteiger partial charge in [0.15, 0.2) is 0 Å². The predicted octanol–water partition coefficient (Wildman–Crippen LogP) is 2.10. The van der Waals surface area contributed by atoms with Crippen LogP contribution in [0.15, 0.2) is 0 Å². The van der Waals surface area contributed by atoms with Gasteiger partial charge in [-0.2, -0.15) is 8.42 Å². The molecule has 4 rings (SSSR count). The van der Waals surface area contributed by atoms with Crippen LogP contribution in [0.25, 0.3) is 0 Å². The zero-order valence-corrected chi connectivity index (χ0v) is 15.5. The van der Waals surface area contributed by atoms with Crippen LogP contribution in [0.5, 0.6) is 0 Å². The highest BCUT2D eigenvalue weighted by Crippen LogP contribution is 2.56. The van der Waals surface area contributed by atoms with Crippen molar-refractivity contribution in [1.29, 1.82) is 0 Å². The number of nitrogens with zero attached hydrogens (tertiary/aromatic N) is 1. The van der Waals surface area contributed by atoms with Crippen molar-refractivity contribution in [2.75, 3.05) is 6.54 Å². The molecular weight excluding hydrogens is 342 g/mol. The number of rotatable bonds is 4. The molecule has 1 unspecified atom stereocenters. The van der Waals surface area contributed by atoms with Crippen molar-refractivity contribution < 1.29 is 22.6 Å². The van der Waals surface area contributed by atoms with Gasteiger partial charge in [-0.25, -0.2) is 0 Å². The zero-order valence-electron chi connectivity index (χ0n) is 14.6. The zero-order chi connectivity index (χ0) is 17.9. The Hall–Kier alpha value is -0.950. The van der Waals surface area contributed by atoms with Gasteiger partial charge in [0.25, 0.3) is 10.1 Å². The molecule has 2 bridgehead atoms. The van der Waals surface area contributed by atoms with E-state index in [4.69, 9.17) is 0 Å². The number of hydrogen-bond acceptors (Lipinski definition) is 4. The van der Waals surface area contributed by atoms with Crippen molar-refractivity contribution >= 4 is 21.9 Å². The Morgan fingerprint density at radius 2 is 1.60 bits per heavy atom. The molecule has 4 aliphatic rings. The second kappa shape index (κ2) is 6.05. The van der Waals surface area contributed by atoms with Gasteiger partial charge in [-0.15, -0.1) is 0 Å². The molecule has 0 aromatic heterocycles. The SMILES string of the molecule is CC([C@@H]1CCCC[C@H]1CN1C(=O)[C@@H]2[C@H]3CC[C@H](C3)[C@@H]2C1=O)S(=O)(=O)O. The molecule has 6 nitrogen and oxygen atoms in total. The van der Waals surface area contributed by atoms with E-state index >= 15 is 0 Å². The van der Waals surface area contributed by atoms with E-state index in [1.807, 2.05) is 0 Å². The van der Waals surface area contributed by atoms with Gasteiger partial charge in [0.05, 0.1) is 17.1 Å². The summed E-state index contributed by atoms with van der Waals surface area (Å²) >= 11 is 0. The van der Waals surface area contributed by atoms with E-state index in [0.29, 0.717) is 18.4 Å². The lowest BCUT2D eigenvalue weighted by Crippen LogP contribution is -2.43. The third-order valence-electron chi connectivity index (χ3n) is 7.48.